The van der Waals surface area contributed by atoms with Crippen molar-refractivity contribution in [1.29, 1.82) is 0 Å². The van der Waals surface area contributed by atoms with Crippen molar-refractivity contribution < 1.29 is 40.9 Å². The maximum atomic E-state index is 10.7. The van der Waals surface area contributed by atoms with E-state index in [1.807, 2.05) is 0 Å². The third-order valence-corrected chi connectivity index (χ3v) is 7.03. The molecule has 0 aromatic heterocycles. The first kappa shape index (κ1) is 26.1. The number of hydrogen-bond acceptors (Lipinski definition) is 8. The molecule has 40 heavy (non-hydrogen) atoms. The number of para-hydroxylation sites is 4. The van der Waals surface area contributed by atoms with E-state index in [2.05, 4.69) is 0 Å². The summed E-state index contributed by atoms with van der Waals surface area (Å²) in [5, 5.41) is 83.6. The summed E-state index contributed by atoms with van der Waals surface area (Å²) >= 11 is 0. The minimum Gasteiger partial charge on any atom is -0.504 e. The molecule has 202 valence electrons. The van der Waals surface area contributed by atoms with E-state index in [0.717, 1.165) is 0 Å². The van der Waals surface area contributed by atoms with Gasteiger partial charge in [-0.25, -0.2) is 0 Å². The summed E-state index contributed by atoms with van der Waals surface area (Å²) < 4.78 is 0. The van der Waals surface area contributed by atoms with Crippen LogP contribution in [0.4, 0.5) is 0 Å². The molecule has 0 heterocycles. The summed E-state index contributed by atoms with van der Waals surface area (Å²) in [4.78, 5) is 0. The Labute approximate surface area is 229 Å². The summed E-state index contributed by atoms with van der Waals surface area (Å²) in [6.07, 6.45) is 0. The Morgan fingerprint density at radius 1 is 0.300 bits per heavy atom. The normalized spacial score (nSPS) is 11.2. The van der Waals surface area contributed by atoms with E-state index in [9.17, 15) is 40.9 Å². The molecule has 0 atom stereocenters. The van der Waals surface area contributed by atoms with Gasteiger partial charge in [-0.1, -0.05) is 72.8 Å². The number of aromatic hydroxyl groups is 8. The van der Waals surface area contributed by atoms with Gasteiger partial charge in [-0.2, -0.15) is 0 Å². The highest BCUT2D eigenvalue weighted by molar-refractivity contribution is 5.61. The molecule has 0 aliphatic rings. The molecule has 5 aromatic rings. The molecule has 8 heteroatoms. The van der Waals surface area contributed by atoms with Crippen LogP contribution >= 0.6 is 0 Å². The van der Waals surface area contributed by atoms with Gasteiger partial charge >= 0.3 is 0 Å². The second kappa shape index (κ2) is 10.3. The van der Waals surface area contributed by atoms with Crippen molar-refractivity contribution in [2.45, 2.75) is 11.8 Å². The van der Waals surface area contributed by atoms with Gasteiger partial charge in [0.2, 0.25) is 0 Å². The minimum absolute atomic E-state index is 0.279. The first-order chi connectivity index (χ1) is 19.2. The zero-order valence-corrected chi connectivity index (χ0v) is 21.0. The van der Waals surface area contributed by atoms with Gasteiger partial charge in [0.05, 0.1) is 0 Å². The second-order valence-corrected chi connectivity index (χ2v) is 9.39. The Bertz CT molecular complexity index is 1470. The highest BCUT2D eigenvalue weighted by Crippen LogP contribution is 2.48. The lowest BCUT2D eigenvalue weighted by Gasteiger charge is -2.24. The maximum absolute atomic E-state index is 10.7. The van der Waals surface area contributed by atoms with Crippen LogP contribution in [0.15, 0.2) is 97.1 Å². The van der Waals surface area contributed by atoms with E-state index >= 15 is 0 Å². The van der Waals surface area contributed by atoms with Crippen LogP contribution in [0.3, 0.4) is 0 Å². The molecular weight excluding hydrogens is 512 g/mol. The molecular formula is C32H26O8. The summed E-state index contributed by atoms with van der Waals surface area (Å²) in [5.74, 6) is -4.55. The van der Waals surface area contributed by atoms with Gasteiger partial charge in [0, 0.05) is 34.1 Å². The largest absolute Gasteiger partial charge is 0.504 e. The van der Waals surface area contributed by atoms with Crippen LogP contribution in [0.25, 0.3) is 0 Å². The zero-order valence-electron chi connectivity index (χ0n) is 21.0. The van der Waals surface area contributed by atoms with Crippen molar-refractivity contribution in [3.63, 3.8) is 0 Å². The number of phenols is 8. The van der Waals surface area contributed by atoms with E-state index in [-0.39, 0.29) is 68.2 Å². The lowest BCUT2D eigenvalue weighted by molar-refractivity contribution is 0.393. The van der Waals surface area contributed by atoms with Crippen LogP contribution in [0.2, 0.25) is 0 Å². The highest BCUT2D eigenvalue weighted by atomic mass is 16.3. The molecule has 0 saturated heterocycles. The van der Waals surface area contributed by atoms with E-state index in [4.69, 9.17) is 0 Å². The smallest absolute Gasteiger partial charge is 0.161 e. The summed E-state index contributed by atoms with van der Waals surface area (Å²) in [6, 6.07) is 24.7. The van der Waals surface area contributed by atoms with Crippen LogP contribution in [0, 0.1) is 0 Å². The van der Waals surface area contributed by atoms with E-state index in [1.165, 1.54) is 24.3 Å². The molecule has 0 fully saturated rings. The van der Waals surface area contributed by atoms with Crippen LogP contribution in [0.1, 0.15) is 45.2 Å². The van der Waals surface area contributed by atoms with E-state index in [1.54, 1.807) is 72.8 Å². The summed E-state index contributed by atoms with van der Waals surface area (Å²) in [6.45, 7) is 0. The van der Waals surface area contributed by atoms with E-state index in [0.29, 0.717) is 11.1 Å². The van der Waals surface area contributed by atoms with Crippen molar-refractivity contribution in [3.05, 3.63) is 130 Å². The Hall–Kier alpha value is -5.50. The Morgan fingerprint density at radius 2 is 0.525 bits per heavy atom. The highest BCUT2D eigenvalue weighted by Gasteiger charge is 2.28. The average molecular weight is 539 g/mol. The topological polar surface area (TPSA) is 162 Å². The molecule has 0 bridgehead atoms. The lowest BCUT2D eigenvalue weighted by atomic mass is 9.80. The monoisotopic (exact) mass is 538 g/mol. The first-order valence-electron chi connectivity index (χ1n) is 12.3. The Morgan fingerprint density at radius 3 is 0.750 bits per heavy atom. The quantitative estimate of drug-likeness (QED) is 0.101. The Balaban J connectivity index is 1.69. The van der Waals surface area contributed by atoms with Crippen LogP contribution in [-0.4, -0.2) is 40.9 Å². The second-order valence-electron chi connectivity index (χ2n) is 9.39. The predicted molar refractivity (Wildman–Crippen MR) is 147 cm³/mol. The molecule has 8 N–H and O–H groups in total. The van der Waals surface area contributed by atoms with Crippen LogP contribution in [-0.2, 0) is 0 Å². The van der Waals surface area contributed by atoms with Crippen LogP contribution < -0.4 is 0 Å². The molecule has 0 amide bonds. The first-order valence-corrected chi connectivity index (χ1v) is 12.3. The van der Waals surface area contributed by atoms with Gasteiger partial charge in [0.15, 0.2) is 46.0 Å². The summed E-state index contributed by atoms with van der Waals surface area (Å²) in [7, 11) is 0. The van der Waals surface area contributed by atoms with Crippen molar-refractivity contribution in [3.8, 4) is 46.0 Å². The molecule has 0 spiro atoms. The number of rotatable bonds is 6. The zero-order chi connectivity index (χ0) is 28.6. The molecule has 5 aromatic carbocycles. The molecule has 0 saturated carbocycles. The molecule has 0 radical (unpaired) electrons. The van der Waals surface area contributed by atoms with Gasteiger partial charge in [0.25, 0.3) is 0 Å². The van der Waals surface area contributed by atoms with Gasteiger partial charge in [-0.3, -0.25) is 0 Å². The average Bonchev–Trinajstić information content (AvgIpc) is 2.94. The molecule has 5 rings (SSSR count). The molecule has 0 aliphatic heterocycles. The fraction of sp³-hybridized carbons (Fsp3) is 0.0625. The van der Waals surface area contributed by atoms with Gasteiger partial charge in [-0.05, 0) is 35.4 Å². The van der Waals surface area contributed by atoms with Gasteiger partial charge in [0.1, 0.15) is 0 Å². The number of phenolic OH excluding ortho intramolecular Hbond substituents is 8. The third kappa shape index (κ3) is 4.52. The van der Waals surface area contributed by atoms with Crippen molar-refractivity contribution in [2.24, 2.45) is 0 Å². The minimum atomic E-state index is -0.810. The summed E-state index contributed by atoms with van der Waals surface area (Å²) in [5.41, 5.74) is 2.26. The maximum Gasteiger partial charge on any atom is 0.161 e. The fourth-order valence-electron chi connectivity index (χ4n) is 5.06. The van der Waals surface area contributed by atoms with E-state index < -0.39 is 11.8 Å². The third-order valence-electron chi connectivity index (χ3n) is 7.03. The van der Waals surface area contributed by atoms with Gasteiger partial charge < -0.3 is 40.9 Å². The van der Waals surface area contributed by atoms with Crippen LogP contribution in [0.5, 0.6) is 46.0 Å². The van der Waals surface area contributed by atoms with Gasteiger partial charge in [-0.15, -0.1) is 0 Å². The SMILES string of the molecule is Oc1cccc(C(c2ccc(C(c3cccc(O)c3O)c3cccc(O)c3O)cc2)c2cccc(O)c2O)c1O. The standard InChI is InChI=1S/C32H26O8/c33-23-9-1-5-19(29(23)37)27(20-6-2-10-24(34)30(20)38)17-13-15-18(16-14-17)28(21-7-3-11-25(35)31(21)39)22-8-4-12-26(36)32(22)40/h1-16,27-28,33-40H. The number of hydrogen-bond donors (Lipinski definition) is 8. The van der Waals surface area contributed by atoms with Crippen molar-refractivity contribution in [1.82, 2.24) is 0 Å². The molecule has 0 unspecified atom stereocenters. The predicted octanol–water partition coefficient (Wildman–Crippen LogP) is 5.69. The van der Waals surface area contributed by atoms with Crippen molar-refractivity contribution >= 4 is 0 Å². The van der Waals surface area contributed by atoms with Crippen molar-refractivity contribution in [2.75, 3.05) is 0 Å². The fourth-order valence-corrected chi connectivity index (χ4v) is 5.06. The molecule has 0 aliphatic carbocycles. The number of benzene rings is 5. The Kier molecular flexibility index (Phi) is 6.75. The molecule has 8 nitrogen and oxygen atoms in total. The lowest BCUT2D eigenvalue weighted by Crippen LogP contribution is -2.07.